The minimum Gasteiger partial charge on any atom is -0.480 e. The van der Waals surface area contributed by atoms with Crippen molar-refractivity contribution in [1.29, 1.82) is 0 Å². The van der Waals surface area contributed by atoms with E-state index in [1.807, 2.05) is 0 Å². The molecule has 0 radical (unpaired) electrons. The molecule has 0 bridgehead atoms. The van der Waals surface area contributed by atoms with Gasteiger partial charge in [-0.3, -0.25) is 4.79 Å². The van der Waals surface area contributed by atoms with Gasteiger partial charge in [0.25, 0.3) is 0 Å². The molecule has 5 heteroatoms. The van der Waals surface area contributed by atoms with Crippen molar-refractivity contribution < 1.29 is 15.0 Å². The van der Waals surface area contributed by atoms with Gasteiger partial charge in [-0.1, -0.05) is 24.3 Å². The summed E-state index contributed by atoms with van der Waals surface area (Å²) in [5.41, 5.74) is 6.64. The molecule has 0 aliphatic carbocycles. The van der Waals surface area contributed by atoms with Crippen LogP contribution in [0.1, 0.15) is 17.2 Å². The number of aliphatic carboxylic acids is 1. The molecule has 14 heavy (non-hydrogen) atoms. The summed E-state index contributed by atoms with van der Waals surface area (Å²) in [6.45, 7) is -0.0530. The molecule has 78 valence electrons. The Morgan fingerprint density at radius 3 is 2.21 bits per heavy atom. The summed E-state index contributed by atoms with van der Waals surface area (Å²) in [6.07, 6.45) is 0. The number of carbonyl (C=O) groups is 1. The fourth-order valence-electron chi connectivity index (χ4n) is 0.973. The Bertz CT molecular complexity index is 299. The number of rotatable bonds is 3. The Balaban J connectivity index is 0.00000169. The van der Waals surface area contributed by atoms with Crippen LogP contribution in [0, 0.1) is 0 Å². The number of carboxylic acids is 1. The van der Waals surface area contributed by atoms with Crippen LogP contribution < -0.4 is 5.73 Å². The normalized spacial score (nSPS) is 11.6. The summed E-state index contributed by atoms with van der Waals surface area (Å²) in [4.78, 5) is 10.5. The Morgan fingerprint density at radius 1 is 1.36 bits per heavy atom. The first-order valence-electron chi connectivity index (χ1n) is 3.83. The maximum atomic E-state index is 10.5. The lowest BCUT2D eigenvalue weighted by molar-refractivity contribution is -0.138. The average molecular weight is 218 g/mol. The van der Waals surface area contributed by atoms with Gasteiger partial charge in [-0.15, -0.1) is 12.4 Å². The van der Waals surface area contributed by atoms with Gasteiger partial charge < -0.3 is 15.9 Å². The van der Waals surface area contributed by atoms with Crippen LogP contribution >= 0.6 is 12.4 Å². The van der Waals surface area contributed by atoms with Crippen LogP contribution in [0.25, 0.3) is 0 Å². The number of carboxylic acid groups (broad SMARTS) is 1. The molecule has 1 rings (SSSR count). The van der Waals surface area contributed by atoms with Crippen molar-refractivity contribution in [3.8, 4) is 0 Å². The van der Waals surface area contributed by atoms with E-state index in [9.17, 15) is 4.79 Å². The number of aliphatic hydroxyl groups excluding tert-OH is 1. The first-order valence-corrected chi connectivity index (χ1v) is 3.83. The second-order valence-corrected chi connectivity index (χ2v) is 2.72. The van der Waals surface area contributed by atoms with Crippen LogP contribution in [0.3, 0.4) is 0 Å². The molecule has 0 fully saturated rings. The van der Waals surface area contributed by atoms with Crippen molar-refractivity contribution in [1.82, 2.24) is 0 Å². The summed E-state index contributed by atoms with van der Waals surface area (Å²) < 4.78 is 0. The second-order valence-electron chi connectivity index (χ2n) is 2.72. The highest BCUT2D eigenvalue weighted by Crippen LogP contribution is 2.11. The lowest BCUT2D eigenvalue weighted by atomic mass is 10.1. The summed E-state index contributed by atoms with van der Waals surface area (Å²) in [6, 6.07) is 5.51. The molecule has 4 N–H and O–H groups in total. The van der Waals surface area contributed by atoms with E-state index in [1.54, 1.807) is 24.3 Å². The van der Waals surface area contributed by atoms with E-state index in [1.165, 1.54) is 0 Å². The van der Waals surface area contributed by atoms with Gasteiger partial charge in [0.15, 0.2) is 0 Å². The fraction of sp³-hybridized carbons (Fsp3) is 0.222. The molecule has 1 atom stereocenters. The van der Waals surface area contributed by atoms with E-state index in [0.717, 1.165) is 5.56 Å². The van der Waals surface area contributed by atoms with Crippen molar-refractivity contribution in [3.63, 3.8) is 0 Å². The maximum Gasteiger partial charge on any atom is 0.325 e. The molecule has 0 spiro atoms. The van der Waals surface area contributed by atoms with E-state index in [-0.39, 0.29) is 19.0 Å². The van der Waals surface area contributed by atoms with E-state index in [0.29, 0.717) is 5.56 Å². The number of benzene rings is 1. The number of hydrogen-bond acceptors (Lipinski definition) is 3. The SMILES string of the molecule is Cl.NC(C(=O)O)c1ccc(CO)cc1. The third kappa shape index (κ3) is 2.99. The largest absolute Gasteiger partial charge is 0.480 e. The minimum atomic E-state index is -1.06. The van der Waals surface area contributed by atoms with Crippen molar-refractivity contribution in [2.45, 2.75) is 12.6 Å². The minimum absolute atomic E-state index is 0. The van der Waals surface area contributed by atoms with Crippen LogP contribution in [-0.2, 0) is 11.4 Å². The van der Waals surface area contributed by atoms with E-state index in [2.05, 4.69) is 0 Å². The highest BCUT2D eigenvalue weighted by molar-refractivity contribution is 5.85. The topological polar surface area (TPSA) is 83.6 Å². The first-order chi connectivity index (χ1) is 6.15. The highest BCUT2D eigenvalue weighted by Gasteiger charge is 2.13. The first kappa shape index (κ1) is 12.9. The van der Waals surface area contributed by atoms with Crippen molar-refractivity contribution in [2.24, 2.45) is 5.73 Å². The number of halogens is 1. The molecule has 0 aliphatic heterocycles. The summed E-state index contributed by atoms with van der Waals surface area (Å²) >= 11 is 0. The lowest BCUT2D eigenvalue weighted by Gasteiger charge is -2.06. The van der Waals surface area contributed by atoms with Crippen LogP contribution in [0.2, 0.25) is 0 Å². The van der Waals surface area contributed by atoms with Gasteiger partial charge in [-0.2, -0.15) is 0 Å². The van der Waals surface area contributed by atoms with Crippen LogP contribution in [-0.4, -0.2) is 16.2 Å². The molecule has 1 aromatic carbocycles. The van der Waals surface area contributed by atoms with Gasteiger partial charge in [0, 0.05) is 0 Å². The number of hydrogen-bond donors (Lipinski definition) is 3. The van der Waals surface area contributed by atoms with Crippen LogP contribution in [0.4, 0.5) is 0 Å². The molecular formula is C9H12ClNO3. The van der Waals surface area contributed by atoms with E-state index < -0.39 is 12.0 Å². The van der Waals surface area contributed by atoms with Crippen molar-refractivity contribution >= 4 is 18.4 Å². The molecule has 1 aromatic rings. The molecular weight excluding hydrogens is 206 g/mol. The smallest absolute Gasteiger partial charge is 0.325 e. The second kappa shape index (κ2) is 5.59. The van der Waals surface area contributed by atoms with E-state index in [4.69, 9.17) is 15.9 Å². The standard InChI is InChI=1S/C9H11NO3.ClH/c10-8(9(12)13)7-3-1-6(5-11)2-4-7;/h1-4,8,11H,5,10H2,(H,12,13);1H. The third-order valence-electron chi connectivity index (χ3n) is 1.79. The van der Waals surface area contributed by atoms with Gasteiger partial charge in [0.2, 0.25) is 0 Å². The summed E-state index contributed by atoms with van der Waals surface area (Å²) in [5.74, 6) is -1.06. The zero-order valence-corrected chi connectivity index (χ0v) is 8.20. The number of aliphatic hydroxyl groups is 1. The Morgan fingerprint density at radius 2 is 1.86 bits per heavy atom. The molecule has 0 heterocycles. The van der Waals surface area contributed by atoms with Gasteiger partial charge in [0.1, 0.15) is 6.04 Å². The Hall–Kier alpha value is -1.10. The maximum absolute atomic E-state index is 10.5. The molecule has 0 amide bonds. The quantitative estimate of drug-likeness (QED) is 0.696. The van der Waals surface area contributed by atoms with E-state index >= 15 is 0 Å². The van der Waals surface area contributed by atoms with Gasteiger partial charge in [-0.25, -0.2) is 0 Å². The average Bonchev–Trinajstić information content (AvgIpc) is 2.17. The van der Waals surface area contributed by atoms with Gasteiger partial charge in [0.05, 0.1) is 6.61 Å². The highest BCUT2D eigenvalue weighted by atomic mass is 35.5. The predicted molar refractivity (Wildman–Crippen MR) is 54.2 cm³/mol. The molecule has 4 nitrogen and oxygen atoms in total. The lowest BCUT2D eigenvalue weighted by Crippen LogP contribution is -2.20. The fourth-order valence-corrected chi connectivity index (χ4v) is 0.973. The molecule has 0 saturated heterocycles. The third-order valence-corrected chi connectivity index (χ3v) is 1.79. The predicted octanol–water partition coefficient (Wildman–Crippen LogP) is 0.685. The van der Waals surface area contributed by atoms with Crippen molar-refractivity contribution in [3.05, 3.63) is 35.4 Å². The molecule has 1 unspecified atom stereocenters. The van der Waals surface area contributed by atoms with Crippen LogP contribution in [0.15, 0.2) is 24.3 Å². The Kier molecular flexibility index (Phi) is 5.15. The van der Waals surface area contributed by atoms with Crippen LogP contribution in [0.5, 0.6) is 0 Å². The molecule has 0 aromatic heterocycles. The zero-order valence-electron chi connectivity index (χ0n) is 7.38. The van der Waals surface area contributed by atoms with Crippen molar-refractivity contribution in [2.75, 3.05) is 0 Å². The summed E-state index contributed by atoms with van der Waals surface area (Å²) in [7, 11) is 0. The van der Waals surface area contributed by atoms with Gasteiger partial charge >= 0.3 is 5.97 Å². The molecule has 0 saturated carbocycles. The zero-order chi connectivity index (χ0) is 9.84. The summed E-state index contributed by atoms with van der Waals surface area (Å²) in [5, 5.41) is 17.3. The number of nitrogens with two attached hydrogens (primary N) is 1. The Labute approximate surface area is 87.8 Å². The monoisotopic (exact) mass is 217 g/mol. The molecule has 0 aliphatic rings. The van der Waals surface area contributed by atoms with Gasteiger partial charge in [-0.05, 0) is 11.1 Å².